The summed E-state index contributed by atoms with van der Waals surface area (Å²) in [6.45, 7) is 3.47. The lowest BCUT2D eigenvalue weighted by Crippen LogP contribution is -2.31. The predicted octanol–water partition coefficient (Wildman–Crippen LogP) is 2.56. The normalized spacial score (nSPS) is 13.7. The molecule has 0 fully saturated rings. The Kier molecular flexibility index (Phi) is 3.46. The molecule has 3 nitrogen and oxygen atoms in total. The van der Waals surface area contributed by atoms with Gasteiger partial charge in [0, 0.05) is 5.69 Å². The van der Waals surface area contributed by atoms with E-state index in [-0.39, 0.29) is 5.91 Å². The van der Waals surface area contributed by atoms with E-state index in [2.05, 4.69) is 5.32 Å². The summed E-state index contributed by atoms with van der Waals surface area (Å²) in [5.74, 6) is -0.251. The molecule has 0 saturated heterocycles. The molecular weight excluding hydrogens is 188 g/mol. The van der Waals surface area contributed by atoms with Gasteiger partial charge in [-0.15, -0.1) is 0 Å². The smallest absolute Gasteiger partial charge is 0.244 e. The average molecular weight is 202 g/mol. The molecule has 1 unspecified atom stereocenters. The Labute approximate surface area is 89.7 Å². The average Bonchev–Trinajstić information content (AvgIpc) is 2.29. The van der Waals surface area contributed by atoms with E-state index in [4.69, 9.17) is 5.26 Å². The van der Waals surface area contributed by atoms with E-state index in [0.717, 1.165) is 5.69 Å². The molecule has 1 aromatic rings. The van der Waals surface area contributed by atoms with Crippen LogP contribution in [0.4, 0.5) is 5.69 Å². The monoisotopic (exact) mass is 202 g/mol. The molecule has 1 rings (SSSR count). The highest BCUT2D eigenvalue weighted by Crippen LogP contribution is 2.22. The van der Waals surface area contributed by atoms with Gasteiger partial charge in [0.2, 0.25) is 5.91 Å². The third-order valence-corrected chi connectivity index (χ3v) is 2.49. The van der Waals surface area contributed by atoms with Crippen LogP contribution in [-0.4, -0.2) is 5.91 Å². The third-order valence-electron chi connectivity index (χ3n) is 2.49. The van der Waals surface area contributed by atoms with Gasteiger partial charge < -0.3 is 5.32 Å². The molecule has 3 heteroatoms. The summed E-state index contributed by atoms with van der Waals surface area (Å²) in [5.41, 5.74) is -0.229. The summed E-state index contributed by atoms with van der Waals surface area (Å²) in [6, 6.07) is 11.2. The van der Waals surface area contributed by atoms with E-state index in [9.17, 15) is 4.79 Å². The lowest BCUT2D eigenvalue weighted by molar-refractivity contribution is -0.122. The number of nitrogens with zero attached hydrogens (tertiary/aromatic N) is 1. The number of para-hydroxylation sites is 1. The Morgan fingerprint density at radius 3 is 2.53 bits per heavy atom. The van der Waals surface area contributed by atoms with Crippen LogP contribution >= 0.6 is 0 Å². The van der Waals surface area contributed by atoms with Crippen LogP contribution in [0.1, 0.15) is 20.3 Å². The molecule has 0 radical (unpaired) electrons. The number of hydrogen-bond donors (Lipinski definition) is 1. The quantitative estimate of drug-likeness (QED) is 0.818. The molecule has 0 heterocycles. The van der Waals surface area contributed by atoms with Gasteiger partial charge in [-0.05, 0) is 25.5 Å². The van der Waals surface area contributed by atoms with Crippen molar-refractivity contribution in [3.8, 4) is 6.07 Å². The largest absolute Gasteiger partial charge is 0.325 e. The van der Waals surface area contributed by atoms with E-state index in [0.29, 0.717) is 6.42 Å². The van der Waals surface area contributed by atoms with Crippen molar-refractivity contribution in [2.75, 3.05) is 5.32 Å². The highest BCUT2D eigenvalue weighted by atomic mass is 16.2. The van der Waals surface area contributed by atoms with Crippen LogP contribution in [0.3, 0.4) is 0 Å². The van der Waals surface area contributed by atoms with Gasteiger partial charge in [0.15, 0.2) is 0 Å². The highest BCUT2D eigenvalue weighted by molar-refractivity contribution is 5.96. The van der Waals surface area contributed by atoms with Crippen molar-refractivity contribution >= 4 is 11.6 Å². The second-order valence-corrected chi connectivity index (χ2v) is 3.62. The molecule has 0 aliphatic heterocycles. The van der Waals surface area contributed by atoms with Crippen LogP contribution in [0, 0.1) is 16.7 Å². The fourth-order valence-corrected chi connectivity index (χ4v) is 1.08. The van der Waals surface area contributed by atoms with Crippen LogP contribution in [-0.2, 0) is 4.79 Å². The van der Waals surface area contributed by atoms with Crippen molar-refractivity contribution in [2.45, 2.75) is 20.3 Å². The summed E-state index contributed by atoms with van der Waals surface area (Å²) in [6.07, 6.45) is 0.502. The minimum absolute atomic E-state index is 0.251. The number of nitriles is 1. The summed E-state index contributed by atoms with van der Waals surface area (Å²) in [5, 5.41) is 11.6. The van der Waals surface area contributed by atoms with E-state index >= 15 is 0 Å². The standard InChI is InChI=1S/C12H14N2O/c1-3-12(2,9-13)11(15)14-10-7-5-4-6-8-10/h4-8H,3H2,1-2H3,(H,14,15). The second-order valence-electron chi connectivity index (χ2n) is 3.62. The Morgan fingerprint density at radius 2 is 2.07 bits per heavy atom. The highest BCUT2D eigenvalue weighted by Gasteiger charge is 2.31. The zero-order valence-corrected chi connectivity index (χ0v) is 8.95. The Bertz CT molecular complexity index is 380. The molecule has 0 bridgehead atoms. The number of anilines is 1. The van der Waals surface area contributed by atoms with Gasteiger partial charge in [-0.2, -0.15) is 5.26 Å². The van der Waals surface area contributed by atoms with E-state index in [1.165, 1.54) is 0 Å². The van der Waals surface area contributed by atoms with Gasteiger partial charge in [-0.25, -0.2) is 0 Å². The number of carbonyl (C=O) groups is 1. The fraction of sp³-hybridized carbons (Fsp3) is 0.333. The molecule has 1 N–H and O–H groups in total. The van der Waals surface area contributed by atoms with Gasteiger partial charge in [0.1, 0.15) is 5.41 Å². The number of amides is 1. The first kappa shape index (κ1) is 11.3. The molecule has 0 aliphatic rings. The molecule has 1 amide bonds. The summed E-state index contributed by atoms with van der Waals surface area (Å²) in [7, 11) is 0. The third kappa shape index (κ3) is 2.57. The van der Waals surface area contributed by atoms with E-state index in [1.807, 2.05) is 31.2 Å². The zero-order chi connectivity index (χ0) is 11.3. The molecule has 15 heavy (non-hydrogen) atoms. The van der Waals surface area contributed by atoms with Crippen LogP contribution in [0.25, 0.3) is 0 Å². The van der Waals surface area contributed by atoms with Gasteiger partial charge in [-0.3, -0.25) is 4.79 Å². The minimum atomic E-state index is -0.949. The lowest BCUT2D eigenvalue weighted by Gasteiger charge is -2.18. The van der Waals surface area contributed by atoms with E-state index in [1.54, 1.807) is 19.1 Å². The van der Waals surface area contributed by atoms with Gasteiger partial charge >= 0.3 is 0 Å². The number of carbonyl (C=O) groups excluding carboxylic acids is 1. The van der Waals surface area contributed by atoms with Crippen molar-refractivity contribution in [3.05, 3.63) is 30.3 Å². The lowest BCUT2D eigenvalue weighted by atomic mass is 9.88. The summed E-state index contributed by atoms with van der Waals surface area (Å²) < 4.78 is 0. The van der Waals surface area contributed by atoms with Crippen LogP contribution in [0.2, 0.25) is 0 Å². The number of rotatable bonds is 3. The number of benzene rings is 1. The first-order valence-electron chi connectivity index (χ1n) is 4.90. The first-order valence-corrected chi connectivity index (χ1v) is 4.90. The number of nitrogens with one attached hydrogen (secondary N) is 1. The van der Waals surface area contributed by atoms with Crippen molar-refractivity contribution in [1.82, 2.24) is 0 Å². The fourth-order valence-electron chi connectivity index (χ4n) is 1.08. The molecule has 0 aromatic heterocycles. The van der Waals surface area contributed by atoms with Crippen LogP contribution in [0.5, 0.6) is 0 Å². The van der Waals surface area contributed by atoms with Gasteiger partial charge in [0.05, 0.1) is 6.07 Å². The number of hydrogen-bond acceptors (Lipinski definition) is 2. The van der Waals surface area contributed by atoms with Crippen LogP contribution < -0.4 is 5.32 Å². The summed E-state index contributed by atoms with van der Waals surface area (Å²) >= 11 is 0. The minimum Gasteiger partial charge on any atom is -0.325 e. The first-order chi connectivity index (χ1) is 7.12. The molecule has 0 spiro atoms. The maximum Gasteiger partial charge on any atom is 0.244 e. The van der Waals surface area contributed by atoms with Crippen LogP contribution in [0.15, 0.2) is 30.3 Å². The van der Waals surface area contributed by atoms with Crippen molar-refractivity contribution in [3.63, 3.8) is 0 Å². The molecule has 1 aromatic carbocycles. The van der Waals surface area contributed by atoms with Crippen molar-refractivity contribution in [2.24, 2.45) is 5.41 Å². The second kappa shape index (κ2) is 4.61. The Balaban J connectivity index is 2.77. The summed E-state index contributed by atoms with van der Waals surface area (Å²) in [4.78, 5) is 11.8. The van der Waals surface area contributed by atoms with Gasteiger partial charge in [0.25, 0.3) is 0 Å². The molecule has 1 atom stereocenters. The topological polar surface area (TPSA) is 52.9 Å². The zero-order valence-electron chi connectivity index (χ0n) is 8.95. The molecular formula is C12H14N2O. The van der Waals surface area contributed by atoms with Crippen molar-refractivity contribution < 1.29 is 4.79 Å². The SMILES string of the molecule is CCC(C)(C#N)C(=O)Nc1ccccc1. The van der Waals surface area contributed by atoms with Crippen molar-refractivity contribution in [1.29, 1.82) is 5.26 Å². The maximum absolute atomic E-state index is 11.8. The Morgan fingerprint density at radius 1 is 1.47 bits per heavy atom. The predicted molar refractivity (Wildman–Crippen MR) is 59.1 cm³/mol. The maximum atomic E-state index is 11.8. The van der Waals surface area contributed by atoms with E-state index < -0.39 is 5.41 Å². The molecule has 0 saturated carbocycles. The van der Waals surface area contributed by atoms with Gasteiger partial charge in [-0.1, -0.05) is 25.1 Å². The molecule has 0 aliphatic carbocycles. The Hall–Kier alpha value is -1.82. The molecule has 78 valence electrons.